The summed E-state index contributed by atoms with van der Waals surface area (Å²) in [6.45, 7) is 3.05. The van der Waals surface area contributed by atoms with Gasteiger partial charge in [0.25, 0.3) is 0 Å². The Bertz CT molecular complexity index is 1230. The molecule has 180 valence electrons. The number of imidazole rings is 1. The fourth-order valence-electron chi connectivity index (χ4n) is 4.83. The van der Waals surface area contributed by atoms with E-state index in [0.29, 0.717) is 43.0 Å². The van der Waals surface area contributed by atoms with E-state index in [4.69, 9.17) is 9.47 Å². The molecule has 1 N–H and O–H groups in total. The Kier molecular flexibility index (Phi) is 5.77. The van der Waals surface area contributed by atoms with Gasteiger partial charge in [-0.25, -0.2) is 18.6 Å². The maximum atomic E-state index is 15.5. The zero-order valence-electron chi connectivity index (χ0n) is 19.5. The van der Waals surface area contributed by atoms with Crippen molar-refractivity contribution in [2.75, 3.05) is 33.9 Å². The molecule has 9 heteroatoms. The summed E-state index contributed by atoms with van der Waals surface area (Å²) < 4.78 is 43.5. The van der Waals surface area contributed by atoms with Crippen LogP contribution in [-0.4, -0.2) is 60.3 Å². The summed E-state index contributed by atoms with van der Waals surface area (Å²) in [6.07, 6.45) is 3.08. The number of nitrogens with one attached hydrogen (secondary N) is 1. The second kappa shape index (κ2) is 8.63. The van der Waals surface area contributed by atoms with Crippen molar-refractivity contribution in [3.05, 3.63) is 58.9 Å². The van der Waals surface area contributed by atoms with Gasteiger partial charge in [0.05, 0.1) is 43.3 Å². The molecule has 0 radical (unpaired) electrons. The minimum Gasteiger partial charge on any atom is -0.453 e. The molecule has 0 spiro atoms. The lowest BCUT2D eigenvalue weighted by atomic mass is 9.98. The summed E-state index contributed by atoms with van der Waals surface area (Å²) in [4.78, 5) is 18.2. The molecule has 34 heavy (non-hydrogen) atoms. The van der Waals surface area contributed by atoms with Gasteiger partial charge in [0.15, 0.2) is 0 Å². The number of hydrogen-bond acceptors (Lipinski definition) is 5. The molecule has 3 aromatic rings. The number of nitrogens with zero attached hydrogens (tertiary/aromatic N) is 3. The van der Waals surface area contributed by atoms with Crippen LogP contribution in [0.3, 0.4) is 0 Å². The normalized spacial score (nSPS) is 19.4. The van der Waals surface area contributed by atoms with Gasteiger partial charge in [0, 0.05) is 24.7 Å². The average Bonchev–Trinajstić information content (AvgIpc) is 3.56. The van der Waals surface area contributed by atoms with Crippen molar-refractivity contribution >= 4 is 11.7 Å². The van der Waals surface area contributed by atoms with Crippen LogP contribution in [0.25, 0.3) is 16.9 Å². The van der Waals surface area contributed by atoms with E-state index in [0.717, 1.165) is 18.4 Å². The lowest BCUT2D eigenvalue weighted by Crippen LogP contribution is -2.46. The third-order valence-corrected chi connectivity index (χ3v) is 6.93. The number of aromatic nitrogens is 2. The van der Waals surface area contributed by atoms with E-state index in [-0.39, 0.29) is 22.9 Å². The van der Waals surface area contributed by atoms with Crippen LogP contribution in [0, 0.1) is 18.6 Å². The zero-order valence-corrected chi connectivity index (χ0v) is 19.5. The van der Waals surface area contributed by atoms with Crippen molar-refractivity contribution in [2.24, 2.45) is 0 Å². The zero-order chi connectivity index (χ0) is 24.0. The summed E-state index contributed by atoms with van der Waals surface area (Å²) in [5, 5.41) is 3.18. The van der Waals surface area contributed by atoms with Crippen molar-refractivity contribution in [3.8, 4) is 11.3 Å². The van der Waals surface area contributed by atoms with Crippen molar-refractivity contribution in [1.82, 2.24) is 19.6 Å². The largest absolute Gasteiger partial charge is 0.453 e. The minimum absolute atomic E-state index is 0.146. The van der Waals surface area contributed by atoms with E-state index in [1.165, 1.54) is 19.2 Å². The first-order chi connectivity index (χ1) is 16.3. The van der Waals surface area contributed by atoms with Crippen molar-refractivity contribution < 1.29 is 23.0 Å². The Morgan fingerprint density at radius 3 is 2.68 bits per heavy atom. The van der Waals surface area contributed by atoms with Gasteiger partial charge < -0.3 is 24.1 Å². The maximum Gasteiger partial charge on any atom is 0.409 e. The smallest absolute Gasteiger partial charge is 0.409 e. The molecule has 5 rings (SSSR count). The topological polar surface area (TPSA) is 68.1 Å². The van der Waals surface area contributed by atoms with Crippen LogP contribution in [0.1, 0.15) is 29.7 Å². The van der Waals surface area contributed by atoms with Crippen LogP contribution in [0.5, 0.6) is 0 Å². The first-order valence-corrected chi connectivity index (χ1v) is 11.5. The van der Waals surface area contributed by atoms with Crippen LogP contribution < -0.4 is 5.32 Å². The summed E-state index contributed by atoms with van der Waals surface area (Å²) in [7, 11) is 3.15. The Morgan fingerprint density at radius 2 is 2.03 bits per heavy atom. The van der Waals surface area contributed by atoms with Gasteiger partial charge in [-0.15, -0.1) is 0 Å². The molecule has 7 nitrogen and oxygen atoms in total. The SMILES string of the molecule is CNC1(c2cc(F)c(-c3nc4cc(C)ccn4c3C[C@H]3CN(C(=O)OC)CCO3)c(F)c2)CC1. The summed E-state index contributed by atoms with van der Waals surface area (Å²) in [6, 6.07) is 6.62. The third kappa shape index (κ3) is 3.92. The highest BCUT2D eigenvalue weighted by Gasteiger charge is 2.43. The second-order valence-electron chi connectivity index (χ2n) is 9.10. The Morgan fingerprint density at radius 1 is 1.29 bits per heavy atom. The van der Waals surface area contributed by atoms with E-state index in [2.05, 4.69) is 10.3 Å². The molecule has 2 fully saturated rings. The minimum atomic E-state index is -0.640. The van der Waals surface area contributed by atoms with Crippen LogP contribution in [0.2, 0.25) is 0 Å². The van der Waals surface area contributed by atoms with Crippen LogP contribution in [0.15, 0.2) is 30.5 Å². The fourth-order valence-corrected chi connectivity index (χ4v) is 4.83. The molecule has 0 bridgehead atoms. The van der Waals surface area contributed by atoms with E-state index in [1.54, 1.807) is 11.9 Å². The van der Waals surface area contributed by atoms with Gasteiger partial charge in [-0.1, -0.05) is 0 Å². The van der Waals surface area contributed by atoms with Crippen molar-refractivity contribution in [3.63, 3.8) is 0 Å². The monoisotopic (exact) mass is 470 g/mol. The number of rotatable bonds is 5. The van der Waals surface area contributed by atoms with E-state index in [1.807, 2.05) is 29.7 Å². The second-order valence-corrected chi connectivity index (χ2v) is 9.10. The number of carbonyl (C=O) groups excluding carboxylic acids is 1. The fraction of sp³-hybridized carbons (Fsp3) is 0.440. The first kappa shape index (κ1) is 22.7. The first-order valence-electron chi connectivity index (χ1n) is 11.5. The number of methoxy groups -OCH3 is 1. The van der Waals surface area contributed by atoms with Crippen LogP contribution in [-0.2, 0) is 21.4 Å². The predicted molar refractivity (Wildman–Crippen MR) is 123 cm³/mol. The highest BCUT2D eigenvalue weighted by Crippen LogP contribution is 2.46. The number of ether oxygens (including phenoxy) is 2. The molecule has 1 amide bonds. The Balaban J connectivity index is 1.57. The van der Waals surface area contributed by atoms with Gasteiger partial charge in [0.1, 0.15) is 17.3 Å². The molecule has 1 aromatic carbocycles. The Labute approximate surface area is 196 Å². The number of morpholine rings is 1. The number of carbonyl (C=O) groups is 1. The number of pyridine rings is 1. The van der Waals surface area contributed by atoms with Gasteiger partial charge >= 0.3 is 6.09 Å². The highest BCUT2D eigenvalue weighted by molar-refractivity contribution is 5.69. The van der Waals surface area contributed by atoms with Gasteiger partial charge in [-0.05, 0) is 62.2 Å². The molecule has 1 aliphatic carbocycles. The molecule has 3 heterocycles. The summed E-state index contributed by atoms with van der Waals surface area (Å²) in [5.74, 6) is -1.28. The van der Waals surface area contributed by atoms with Crippen molar-refractivity contribution in [2.45, 2.75) is 37.8 Å². The molecule has 1 aliphatic heterocycles. The van der Waals surface area contributed by atoms with Crippen LogP contribution in [0.4, 0.5) is 13.6 Å². The molecule has 0 unspecified atom stereocenters. The van der Waals surface area contributed by atoms with Gasteiger partial charge in [-0.2, -0.15) is 0 Å². The van der Waals surface area contributed by atoms with E-state index < -0.39 is 17.7 Å². The lowest BCUT2D eigenvalue weighted by molar-refractivity contribution is -0.0241. The number of amides is 1. The number of halogens is 2. The third-order valence-electron chi connectivity index (χ3n) is 6.93. The van der Waals surface area contributed by atoms with E-state index in [9.17, 15) is 4.79 Å². The average molecular weight is 471 g/mol. The predicted octanol–water partition coefficient (Wildman–Crippen LogP) is 3.81. The van der Waals surface area contributed by atoms with Crippen molar-refractivity contribution in [1.29, 1.82) is 0 Å². The van der Waals surface area contributed by atoms with Gasteiger partial charge in [-0.3, -0.25) is 0 Å². The quantitative estimate of drug-likeness (QED) is 0.614. The molecule has 2 aromatic heterocycles. The standard InChI is InChI=1S/C25H28F2N4O3/c1-15-4-7-31-20(13-17-14-30(8-9-34-17)24(32)33-3)23(29-21(31)10-15)22-18(26)11-16(12-19(22)27)25(28-2)5-6-25/h4,7,10-12,17,28H,5-6,8-9,13-14H2,1-3H3/t17-/m0/s1. The maximum absolute atomic E-state index is 15.5. The van der Waals surface area contributed by atoms with E-state index >= 15 is 8.78 Å². The molecular formula is C25H28F2N4O3. The molecular weight excluding hydrogens is 442 g/mol. The number of aryl methyl sites for hydroxylation is 1. The molecule has 1 atom stereocenters. The molecule has 2 aliphatic rings. The summed E-state index contributed by atoms with van der Waals surface area (Å²) >= 11 is 0. The number of fused-ring (bicyclic) bond motifs is 1. The van der Waals surface area contributed by atoms with Crippen LogP contribution >= 0.6 is 0 Å². The highest BCUT2D eigenvalue weighted by atomic mass is 19.1. The molecule has 1 saturated carbocycles. The lowest BCUT2D eigenvalue weighted by Gasteiger charge is -2.32. The number of benzene rings is 1. The summed E-state index contributed by atoms with van der Waals surface area (Å²) in [5.41, 5.74) is 2.58. The Hall–Kier alpha value is -3.04. The number of hydrogen-bond donors (Lipinski definition) is 1. The van der Waals surface area contributed by atoms with Gasteiger partial charge in [0.2, 0.25) is 0 Å². The molecule has 1 saturated heterocycles.